The van der Waals surface area contributed by atoms with Crippen LogP contribution >= 0.6 is 0 Å². The van der Waals surface area contributed by atoms with Crippen molar-refractivity contribution >= 4 is 5.88 Å². The molecule has 0 aliphatic rings. The number of anilines is 1. The molecule has 0 amide bonds. The van der Waals surface area contributed by atoms with Gasteiger partial charge in [-0.3, -0.25) is 4.79 Å². The molecular weight excluding hydrogens is 254 g/mol. The topological polar surface area (TPSA) is 84.9 Å². The molecule has 0 fully saturated rings. The number of nitrogen functional groups attached to an aromatic ring is 1. The molecule has 0 saturated heterocycles. The van der Waals surface area contributed by atoms with Crippen LogP contribution in [0.3, 0.4) is 0 Å². The molecule has 3 N–H and O–H groups in total. The number of H-pyrrole nitrogens is 1. The summed E-state index contributed by atoms with van der Waals surface area (Å²) in [4.78, 5) is 13.8. The lowest BCUT2D eigenvalue weighted by atomic mass is 9.98. The molecule has 2 aromatic heterocycles. The van der Waals surface area contributed by atoms with Crippen molar-refractivity contribution in [2.75, 3.05) is 5.73 Å². The van der Waals surface area contributed by atoms with Gasteiger partial charge in [0.05, 0.1) is 5.56 Å². The van der Waals surface area contributed by atoms with E-state index in [0.29, 0.717) is 5.69 Å². The molecule has 0 radical (unpaired) electrons. The SMILES string of the molecule is Cc1ccccc1-c1c(-c2ccc(=O)[nH]c2)noc1N. The van der Waals surface area contributed by atoms with Gasteiger partial charge in [-0.15, -0.1) is 0 Å². The lowest BCUT2D eigenvalue weighted by Crippen LogP contribution is -2.01. The van der Waals surface area contributed by atoms with Crippen LogP contribution in [0.1, 0.15) is 5.56 Å². The van der Waals surface area contributed by atoms with E-state index in [9.17, 15) is 4.79 Å². The molecule has 2 heterocycles. The number of aromatic nitrogens is 2. The Morgan fingerprint density at radius 2 is 2.00 bits per heavy atom. The van der Waals surface area contributed by atoms with Crippen LogP contribution in [-0.2, 0) is 0 Å². The summed E-state index contributed by atoms with van der Waals surface area (Å²) in [5.41, 5.74) is 9.90. The van der Waals surface area contributed by atoms with E-state index >= 15 is 0 Å². The molecule has 1 aromatic carbocycles. The smallest absolute Gasteiger partial charge is 0.247 e. The minimum Gasteiger partial charge on any atom is -0.367 e. The Morgan fingerprint density at radius 3 is 2.70 bits per heavy atom. The molecule has 5 nitrogen and oxygen atoms in total. The van der Waals surface area contributed by atoms with Gasteiger partial charge in [0.15, 0.2) is 0 Å². The van der Waals surface area contributed by atoms with Gasteiger partial charge in [0.2, 0.25) is 11.4 Å². The largest absolute Gasteiger partial charge is 0.367 e. The summed E-state index contributed by atoms with van der Waals surface area (Å²) in [5, 5.41) is 4.01. The van der Waals surface area contributed by atoms with Gasteiger partial charge in [0.25, 0.3) is 0 Å². The van der Waals surface area contributed by atoms with Crippen LogP contribution in [-0.4, -0.2) is 10.1 Å². The third-order valence-electron chi connectivity index (χ3n) is 3.19. The molecule has 0 aliphatic heterocycles. The maximum atomic E-state index is 11.1. The van der Waals surface area contributed by atoms with E-state index in [0.717, 1.165) is 22.3 Å². The monoisotopic (exact) mass is 267 g/mol. The number of aromatic amines is 1. The lowest BCUT2D eigenvalue weighted by molar-refractivity contribution is 0.439. The highest BCUT2D eigenvalue weighted by molar-refractivity contribution is 5.87. The Morgan fingerprint density at radius 1 is 1.20 bits per heavy atom. The Hall–Kier alpha value is -2.82. The van der Waals surface area contributed by atoms with Gasteiger partial charge in [-0.25, -0.2) is 0 Å². The zero-order valence-corrected chi connectivity index (χ0v) is 10.9. The van der Waals surface area contributed by atoms with E-state index in [1.54, 1.807) is 12.3 Å². The number of nitrogens with zero attached hydrogens (tertiary/aromatic N) is 1. The summed E-state index contributed by atoms with van der Waals surface area (Å²) >= 11 is 0. The van der Waals surface area contributed by atoms with Gasteiger partial charge in [0.1, 0.15) is 5.69 Å². The van der Waals surface area contributed by atoms with Crippen LogP contribution in [0.25, 0.3) is 22.4 Å². The number of nitrogens with one attached hydrogen (secondary N) is 1. The third-order valence-corrected chi connectivity index (χ3v) is 3.19. The predicted molar refractivity (Wildman–Crippen MR) is 77.1 cm³/mol. The summed E-state index contributed by atoms with van der Waals surface area (Å²) in [5.74, 6) is 0.264. The van der Waals surface area contributed by atoms with Crippen molar-refractivity contribution in [1.82, 2.24) is 10.1 Å². The first-order valence-electron chi connectivity index (χ1n) is 6.17. The van der Waals surface area contributed by atoms with E-state index < -0.39 is 0 Å². The Labute approximate surface area is 115 Å². The highest BCUT2D eigenvalue weighted by atomic mass is 16.5. The van der Waals surface area contributed by atoms with Gasteiger partial charge in [-0.2, -0.15) is 0 Å². The molecule has 5 heteroatoms. The number of pyridine rings is 1. The van der Waals surface area contributed by atoms with Crippen LogP contribution in [0, 0.1) is 6.92 Å². The van der Waals surface area contributed by atoms with Crippen molar-refractivity contribution in [2.45, 2.75) is 6.92 Å². The van der Waals surface area contributed by atoms with Crippen molar-refractivity contribution in [3.63, 3.8) is 0 Å². The van der Waals surface area contributed by atoms with E-state index in [-0.39, 0.29) is 11.4 Å². The first kappa shape index (κ1) is 12.2. The zero-order chi connectivity index (χ0) is 14.1. The quantitative estimate of drug-likeness (QED) is 0.747. The highest BCUT2D eigenvalue weighted by Gasteiger charge is 2.18. The second-order valence-corrected chi connectivity index (χ2v) is 4.53. The molecule has 0 spiro atoms. The van der Waals surface area contributed by atoms with Crippen molar-refractivity contribution < 1.29 is 4.52 Å². The minimum atomic E-state index is -0.164. The van der Waals surface area contributed by atoms with Crippen LogP contribution in [0.2, 0.25) is 0 Å². The van der Waals surface area contributed by atoms with Crippen LogP contribution in [0.5, 0.6) is 0 Å². The van der Waals surface area contributed by atoms with Gasteiger partial charge in [-0.05, 0) is 24.1 Å². The fraction of sp³-hybridized carbons (Fsp3) is 0.0667. The maximum absolute atomic E-state index is 11.1. The van der Waals surface area contributed by atoms with Crippen molar-refractivity contribution in [2.24, 2.45) is 0 Å². The summed E-state index contributed by atoms with van der Waals surface area (Å²) in [6.07, 6.45) is 1.60. The average Bonchev–Trinajstić information content (AvgIpc) is 2.82. The lowest BCUT2D eigenvalue weighted by Gasteiger charge is -2.05. The summed E-state index contributed by atoms with van der Waals surface area (Å²) in [6.45, 7) is 2.00. The van der Waals surface area contributed by atoms with E-state index in [2.05, 4.69) is 10.1 Å². The molecule has 0 aliphatic carbocycles. The summed E-state index contributed by atoms with van der Waals surface area (Å²) in [7, 11) is 0. The molecule has 100 valence electrons. The zero-order valence-electron chi connectivity index (χ0n) is 10.9. The minimum absolute atomic E-state index is 0.164. The van der Waals surface area contributed by atoms with E-state index in [1.165, 1.54) is 6.07 Å². The average molecular weight is 267 g/mol. The number of rotatable bonds is 2. The predicted octanol–water partition coefficient (Wildman–Crippen LogP) is 2.59. The Balaban J connectivity index is 2.23. The normalized spacial score (nSPS) is 10.7. The van der Waals surface area contributed by atoms with Crippen LogP contribution in [0.15, 0.2) is 51.9 Å². The number of benzene rings is 1. The van der Waals surface area contributed by atoms with Crippen molar-refractivity contribution in [3.8, 4) is 22.4 Å². The maximum Gasteiger partial charge on any atom is 0.247 e. The molecule has 0 atom stereocenters. The van der Waals surface area contributed by atoms with Gasteiger partial charge >= 0.3 is 0 Å². The third kappa shape index (κ3) is 1.99. The first-order chi connectivity index (χ1) is 9.66. The van der Waals surface area contributed by atoms with Crippen LogP contribution < -0.4 is 11.3 Å². The van der Waals surface area contributed by atoms with Crippen molar-refractivity contribution in [1.29, 1.82) is 0 Å². The van der Waals surface area contributed by atoms with E-state index in [1.807, 2.05) is 31.2 Å². The molecule has 0 bridgehead atoms. The van der Waals surface area contributed by atoms with Crippen molar-refractivity contribution in [3.05, 3.63) is 58.5 Å². The number of nitrogens with two attached hydrogens (primary N) is 1. The molecular formula is C15H13N3O2. The summed E-state index contributed by atoms with van der Waals surface area (Å²) in [6, 6.07) is 11.0. The molecule has 20 heavy (non-hydrogen) atoms. The number of hydrogen-bond donors (Lipinski definition) is 2. The van der Waals surface area contributed by atoms with Gasteiger partial charge in [0, 0.05) is 17.8 Å². The molecule has 0 saturated carbocycles. The van der Waals surface area contributed by atoms with Gasteiger partial charge < -0.3 is 15.2 Å². The standard InChI is InChI=1S/C15H13N3O2/c1-9-4-2-3-5-11(9)13-14(18-20-15(13)16)10-6-7-12(19)17-8-10/h2-8H,16H2,1H3,(H,17,19). The molecule has 3 aromatic rings. The molecule has 0 unspecified atom stereocenters. The van der Waals surface area contributed by atoms with Crippen LogP contribution in [0.4, 0.5) is 5.88 Å². The van der Waals surface area contributed by atoms with Gasteiger partial charge in [-0.1, -0.05) is 29.4 Å². The fourth-order valence-electron chi connectivity index (χ4n) is 2.17. The summed E-state index contributed by atoms with van der Waals surface area (Å²) < 4.78 is 5.13. The number of hydrogen-bond acceptors (Lipinski definition) is 4. The number of aryl methyl sites for hydroxylation is 1. The second-order valence-electron chi connectivity index (χ2n) is 4.53. The Kier molecular flexibility index (Phi) is 2.87. The van der Waals surface area contributed by atoms with E-state index in [4.69, 9.17) is 10.3 Å². The molecule has 3 rings (SSSR count). The fourth-order valence-corrected chi connectivity index (χ4v) is 2.17. The Bertz CT molecular complexity index is 797. The first-order valence-corrected chi connectivity index (χ1v) is 6.17. The highest BCUT2D eigenvalue weighted by Crippen LogP contribution is 2.37. The second kappa shape index (κ2) is 4.70.